The average Bonchev–Trinajstić information content (AvgIpc) is 2.29. The van der Waals surface area contributed by atoms with E-state index in [0.29, 0.717) is 12.4 Å². The Morgan fingerprint density at radius 1 is 1.47 bits per heavy atom. The second kappa shape index (κ2) is 6.94. The third kappa shape index (κ3) is 4.89. The summed E-state index contributed by atoms with van der Waals surface area (Å²) in [7, 11) is 0. The molecule has 0 aliphatic heterocycles. The standard InChI is InChI=1S/C14H20O3/c1-3-17-14(16)11(2)6-4-7-12-8-5-9-13(15)10-12/h5,8-11,15H,3-4,6-7H2,1-2H3/t11-/m0/s1. The Bertz CT molecular complexity index is 360. The molecule has 0 aliphatic carbocycles. The van der Waals surface area contributed by atoms with E-state index in [1.54, 1.807) is 12.1 Å². The molecule has 0 heterocycles. The number of benzene rings is 1. The SMILES string of the molecule is CCOC(=O)[C@@H](C)CCCc1cccc(O)c1. The van der Waals surface area contributed by atoms with Gasteiger partial charge < -0.3 is 9.84 Å². The van der Waals surface area contributed by atoms with E-state index in [-0.39, 0.29) is 11.9 Å². The molecule has 0 aliphatic rings. The molecule has 3 nitrogen and oxygen atoms in total. The average molecular weight is 236 g/mol. The predicted octanol–water partition coefficient (Wildman–Crippen LogP) is 2.91. The Balaban J connectivity index is 2.30. The second-order valence-corrected chi connectivity index (χ2v) is 4.22. The highest BCUT2D eigenvalue weighted by Gasteiger charge is 2.13. The molecule has 1 rings (SSSR count). The normalized spacial score (nSPS) is 12.1. The molecule has 0 aromatic heterocycles. The first-order valence-corrected chi connectivity index (χ1v) is 6.08. The number of esters is 1. The number of rotatable bonds is 6. The first kappa shape index (κ1) is 13.6. The van der Waals surface area contributed by atoms with E-state index in [9.17, 15) is 9.90 Å². The minimum atomic E-state index is -0.122. The van der Waals surface area contributed by atoms with Crippen molar-refractivity contribution >= 4 is 5.97 Å². The maximum Gasteiger partial charge on any atom is 0.308 e. The number of carbonyl (C=O) groups excluding carboxylic acids is 1. The predicted molar refractivity (Wildman–Crippen MR) is 66.8 cm³/mol. The van der Waals surface area contributed by atoms with Crippen LogP contribution >= 0.6 is 0 Å². The highest BCUT2D eigenvalue weighted by molar-refractivity contribution is 5.71. The van der Waals surface area contributed by atoms with Crippen molar-refractivity contribution < 1.29 is 14.6 Å². The van der Waals surface area contributed by atoms with Crippen molar-refractivity contribution in [3.05, 3.63) is 29.8 Å². The van der Waals surface area contributed by atoms with E-state index in [2.05, 4.69) is 0 Å². The van der Waals surface area contributed by atoms with E-state index in [1.165, 1.54) is 0 Å². The van der Waals surface area contributed by atoms with Crippen LogP contribution in [0.1, 0.15) is 32.3 Å². The van der Waals surface area contributed by atoms with Gasteiger partial charge in [-0.3, -0.25) is 4.79 Å². The third-order valence-corrected chi connectivity index (χ3v) is 2.70. The number of aromatic hydroxyl groups is 1. The molecule has 0 radical (unpaired) electrons. The molecule has 1 N–H and O–H groups in total. The molecule has 0 saturated carbocycles. The summed E-state index contributed by atoms with van der Waals surface area (Å²) in [6.45, 7) is 4.15. The van der Waals surface area contributed by atoms with Gasteiger partial charge in [-0.1, -0.05) is 19.1 Å². The Morgan fingerprint density at radius 2 is 2.24 bits per heavy atom. The fourth-order valence-electron chi connectivity index (χ4n) is 1.73. The van der Waals surface area contributed by atoms with Crippen molar-refractivity contribution in [2.24, 2.45) is 5.92 Å². The number of phenols is 1. The van der Waals surface area contributed by atoms with Gasteiger partial charge in [0.25, 0.3) is 0 Å². The summed E-state index contributed by atoms with van der Waals surface area (Å²) in [5, 5.41) is 9.31. The van der Waals surface area contributed by atoms with E-state index < -0.39 is 0 Å². The van der Waals surface area contributed by atoms with Gasteiger partial charge in [0.05, 0.1) is 12.5 Å². The lowest BCUT2D eigenvalue weighted by atomic mass is 10.0. The van der Waals surface area contributed by atoms with E-state index in [0.717, 1.165) is 24.8 Å². The first-order chi connectivity index (χ1) is 8.13. The second-order valence-electron chi connectivity index (χ2n) is 4.22. The van der Waals surface area contributed by atoms with Crippen molar-refractivity contribution in [2.45, 2.75) is 33.1 Å². The van der Waals surface area contributed by atoms with Crippen LogP contribution in [0.15, 0.2) is 24.3 Å². The van der Waals surface area contributed by atoms with E-state index in [1.807, 2.05) is 26.0 Å². The number of phenolic OH excluding ortho intramolecular Hbond substituents is 1. The van der Waals surface area contributed by atoms with Crippen LogP contribution in [0, 0.1) is 5.92 Å². The Hall–Kier alpha value is -1.51. The zero-order chi connectivity index (χ0) is 12.7. The molecule has 0 saturated heterocycles. The number of ether oxygens (including phenoxy) is 1. The minimum absolute atomic E-state index is 0.0488. The van der Waals surface area contributed by atoms with Crippen LogP contribution in [0.2, 0.25) is 0 Å². The van der Waals surface area contributed by atoms with E-state index in [4.69, 9.17) is 4.74 Å². The molecule has 1 atom stereocenters. The fourth-order valence-corrected chi connectivity index (χ4v) is 1.73. The highest BCUT2D eigenvalue weighted by Crippen LogP contribution is 2.15. The summed E-state index contributed by atoms with van der Waals surface area (Å²) in [5.74, 6) is 0.122. The van der Waals surface area contributed by atoms with Gasteiger partial charge in [0.15, 0.2) is 0 Å². The van der Waals surface area contributed by atoms with Crippen molar-refractivity contribution in [3.63, 3.8) is 0 Å². The first-order valence-electron chi connectivity index (χ1n) is 6.08. The molecule has 94 valence electrons. The number of aryl methyl sites for hydroxylation is 1. The monoisotopic (exact) mass is 236 g/mol. The lowest BCUT2D eigenvalue weighted by Gasteiger charge is -2.10. The summed E-state index contributed by atoms with van der Waals surface area (Å²) < 4.78 is 4.95. The van der Waals surface area contributed by atoms with E-state index >= 15 is 0 Å². The van der Waals surface area contributed by atoms with Gasteiger partial charge in [0.2, 0.25) is 0 Å². The van der Waals surface area contributed by atoms with Crippen LogP contribution in [-0.4, -0.2) is 17.7 Å². The zero-order valence-corrected chi connectivity index (χ0v) is 10.5. The van der Waals surface area contributed by atoms with Crippen LogP contribution in [0.4, 0.5) is 0 Å². The molecule has 0 unspecified atom stereocenters. The summed E-state index contributed by atoms with van der Waals surface area (Å²) in [6, 6.07) is 7.23. The summed E-state index contributed by atoms with van der Waals surface area (Å²) in [5.41, 5.74) is 1.10. The maximum atomic E-state index is 11.4. The molecular weight excluding hydrogens is 216 g/mol. The Kier molecular flexibility index (Phi) is 5.53. The van der Waals surface area contributed by atoms with Gasteiger partial charge in [-0.15, -0.1) is 0 Å². The molecule has 0 spiro atoms. The van der Waals surface area contributed by atoms with Gasteiger partial charge in [0, 0.05) is 0 Å². The smallest absolute Gasteiger partial charge is 0.308 e. The number of hydrogen-bond donors (Lipinski definition) is 1. The molecule has 1 aromatic rings. The highest BCUT2D eigenvalue weighted by atomic mass is 16.5. The van der Waals surface area contributed by atoms with Gasteiger partial charge >= 0.3 is 5.97 Å². The molecule has 3 heteroatoms. The third-order valence-electron chi connectivity index (χ3n) is 2.70. The Labute approximate surface area is 102 Å². The molecular formula is C14H20O3. The van der Waals surface area contributed by atoms with Gasteiger partial charge in [0.1, 0.15) is 5.75 Å². The van der Waals surface area contributed by atoms with Crippen molar-refractivity contribution in [1.82, 2.24) is 0 Å². The fraction of sp³-hybridized carbons (Fsp3) is 0.500. The number of hydrogen-bond acceptors (Lipinski definition) is 3. The van der Waals surface area contributed by atoms with Crippen LogP contribution < -0.4 is 0 Å². The van der Waals surface area contributed by atoms with Gasteiger partial charge in [-0.05, 0) is 43.9 Å². The van der Waals surface area contributed by atoms with Crippen molar-refractivity contribution in [2.75, 3.05) is 6.61 Å². The largest absolute Gasteiger partial charge is 0.508 e. The van der Waals surface area contributed by atoms with Crippen LogP contribution in [0.25, 0.3) is 0 Å². The van der Waals surface area contributed by atoms with Crippen molar-refractivity contribution in [3.8, 4) is 5.75 Å². The topological polar surface area (TPSA) is 46.5 Å². The molecule has 0 fully saturated rings. The molecule has 0 amide bonds. The van der Waals surface area contributed by atoms with Crippen LogP contribution in [0.5, 0.6) is 5.75 Å². The lowest BCUT2D eigenvalue weighted by Crippen LogP contribution is -2.14. The summed E-state index contributed by atoms with van der Waals surface area (Å²) in [4.78, 5) is 11.4. The molecule has 17 heavy (non-hydrogen) atoms. The summed E-state index contributed by atoms with van der Waals surface area (Å²) >= 11 is 0. The zero-order valence-electron chi connectivity index (χ0n) is 10.5. The quantitative estimate of drug-likeness (QED) is 0.772. The Morgan fingerprint density at radius 3 is 2.88 bits per heavy atom. The number of carbonyl (C=O) groups is 1. The van der Waals surface area contributed by atoms with Crippen molar-refractivity contribution in [1.29, 1.82) is 0 Å². The lowest BCUT2D eigenvalue weighted by molar-refractivity contribution is -0.147. The summed E-state index contributed by atoms with van der Waals surface area (Å²) in [6.07, 6.45) is 2.61. The molecule has 1 aromatic carbocycles. The molecule has 0 bridgehead atoms. The minimum Gasteiger partial charge on any atom is -0.508 e. The maximum absolute atomic E-state index is 11.4. The van der Waals surface area contributed by atoms with Gasteiger partial charge in [-0.2, -0.15) is 0 Å². The van der Waals surface area contributed by atoms with Crippen LogP contribution in [0.3, 0.4) is 0 Å². The van der Waals surface area contributed by atoms with Crippen LogP contribution in [-0.2, 0) is 16.0 Å². The van der Waals surface area contributed by atoms with Gasteiger partial charge in [-0.25, -0.2) is 0 Å².